The summed E-state index contributed by atoms with van der Waals surface area (Å²) in [5.41, 5.74) is 1.09. The van der Waals surface area contributed by atoms with E-state index in [-0.39, 0.29) is 29.2 Å². The third kappa shape index (κ3) is 3.12. The van der Waals surface area contributed by atoms with E-state index in [0.717, 1.165) is 4.90 Å². The van der Waals surface area contributed by atoms with Crippen LogP contribution in [0, 0.1) is 11.3 Å². The molecule has 0 fully saturated rings. The number of aliphatic hydroxyl groups is 2. The number of rotatable bonds is 3. The van der Waals surface area contributed by atoms with Gasteiger partial charge in [-0.25, -0.2) is 4.98 Å². The van der Waals surface area contributed by atoms with Gasteiger partial charge in [-0.2, -0.15) is 14.0 Å². The van der Waals surface area contributed by atoms with Crippen LogP contribution in [0.15, 0.2) is 36.5 Å². The molecule has 0 aliphatic carbocycles. The summed E-state index contributed by atoms with van der Waals surface area (Å²) in [6, 6.07) is 9.49. The van der Waals surface area contributed by atoms with Gasteiger partial charge < -0.3 is 19.8 Å². The van der Waals surface area contributed by atoms with Crippen molar-refractivity contribution in [3.63, 3.8) is 0 Å². The van der Waals surface area contributed by atoms with E-state index in [9.17, 15) is 19.0 Å². The predicted molar refractivity (Wildman–Crippen MR) is 83.8 cm³/mol. The zero-order valence-electron chi connectivity index (χ0n) is 13.2. The van der Waals surface area contributed by atoms with Crippen molar-refractivity contribution in [2.45, 2.75) is 31.9 Å². The molecular weight excluding hydrogens is 332 g/mol. The van der Waals surface area contributed by atoms with Gasteiger partial charge in [0, 0.05) is 18.3 Å². The molecule has 1 aliphatic rings. The number of hydrogen-bond donors (Lipinski definition) is 2. The van der Waals surface area contributed by atoms with Gasteiger partial charge in [0.25, 0.3) is 0 Å². The van der Waals surface area contributed by atoms with Crippen LogP contribution in [0.1, 0.15) is 29.8 Å². The lowest BCUT2D eigenvalue weighted by molar-refractivity contribution is -0.246. The topological polar surface area (TPSA) is 89.6 Å². The number of halogens is 2. The van der Waals surface area contributed by atoms with E-state index in [2.05, 4.69) is 9.72 Å². The Morgan fingerprint density at radius 1 is 1.44 bits per heavy atom. The molecule has 2 heterocycles. The van der Waals surface area contributed by atoms with Gasteiger partial charge in [0.15, 0.2) is 5.75 Å². The summed E-state index contributed by atoms with van der Waals surface area (Å²) < 4.78 is 33.0. The third-order valence-electron chi connectivity index (χ3n) is 3.91. The number of aromatic nitrogens is 1. The minimum Gasteiger partial charge on any atom is -0.427 e. The van der Waals surface area contributed by atoms with E-state index < -0.39 is 18.4 Å². The van der Waals surface area contributed by atoms with Crippen LogP contribution in [-0.2, 0) is 6.54 Å². The van der Waals surface area contributed by atoms with Crippen molar-refractivity contribution in [2.75, 3.05) is 4.90 Å². The highest BCUT2D eigenvalue weighted by Crippen LogP contribution is 2.45. The number of alkyl halides is 2. The molecule has 0 bridgehead atoms. The molecular formula is C17H15F2N3O3. The lowest BCUT2D eigenvalue weighted by Crippen LogP contribution is -2.54. The zero-order chi connectivity index (χ0) is 18.2. The van der Waals surface area contributed by atoms with Crippen LogP contribution >= 0.6 is 0 Å². The quantitative estimate of drug-likeness (QED) is 0.886. The maximum absolute atomic E-state index is 14.2. The van der Waals surface area contributed by atoms with Gasteiger partial charge in [-0.05, 0) is 30.7 Å². The fourth-order valence-corrected chi connectivity index (χ4v) is 2.71. The number of aliphatic hydroxyl groups excluding tert-OH is 2. The molecule has 25 heavy (non-hydrogen) atoms. The summed E-state index contributed by atoms with van der Waals surface area (Å²) in [6.07, 6.45) is -5.70. The molecule has 0 spiro atoms. The lowest BCUT2D eigenvalue weighted by atomic mass is 10.1. The van der Waals surface area contributed by atoms with Crippen LogP contribution in [-0.4, -0.2) is 27.5 Å². The summed E-state index contributed by atoms with van der Waals surface area (Å²) in [6.45, 7) is 1.35. The van der Waals surface area contributed by atoms with Crippen LogP contribution < -0.4 is 9.64 Å². The van der Waals surface area contributed by atoms with Crippen LogP contribution in [0.3, 0.4) is 0 Å². The zero-order valence-corrected chi connectivity index (χ0v) is 13.2. The first-order valence-corrected chi connectivity index (χ1v) is 7.51. The summed E-state index contributed by atoms with van der Waals surface area (Å²) in [5.74, 6) is -0.178. The fraction of sp³-hybridized carbons (Fsp3) is 0.294. The molecule has 0 amide bonds. The Kier molecular flexibility index (Phi) is 4.29. The van der Waals surface area contributed by atoms with Crippen molar-refractivity contribution in [1.29, 1.82) is 5.26 Å². The third-order valence-corrected chi connectivity index (χ3v) is 3.91. The molecule has 1 aromatic carbocycles. The van der Waals surface area contributed by atoms with Gasteiger partial charge in [-0.1, -0.05) is 12.1 Å². The van der Waals surface area contributed by atoms with Gasteiger partial charge >= 0.3 is 6.11 Å². The Hall–Kier alpha value is -2.76. The number of hydrogen-bond acceptors (Lipinski definition) is 6. The van der Waals surface area contributed by atoms with Crippen molar-refractivity contribution >= 4 is 5.69 Å². The summed E-state index contributed by atoms with van der Waals surface area (Å²) in [7, 11) is 0. The molecule has 2 N–H and O–H groups in total. The molecule has 3 rings (SSSR count). The van der Waals surface area contributed by atoms with Gasteiger partial charge in [-0.3, -0.25) is 0 Å². The molecule has 2 atom stereocenters. The Morgan fingerprint density at radius 3 is 2.88 bits per heavy atom. The van der Waals surface area contributed by atoms with Gasteiger partial charge in [0.05, 0.1) is 11.8 Å². The Balaban J connectivity index is 2.07. The van der Waals surface area contributed by atoms with Crippen molar-refractivity contribution in [3.05, 3.63) is 53.3 Å². The molecule has 2 aromatic rings. The molecule has 1 unspecified atom stereocenters. The number of fused-ring (bicyclic) bond motifs is 1. The van der Waals surface area contributed by atoms with E-state index in [4.69, 9.17) is 5.26 Å². The normalized spacial score (nSPS) is 19.5. The van der Waals surface area contributed by atoms with E-state index in [1.54, 1.807) is 12.1 Å². The summed E-state index contributed by atoms with van der Waals surface area (Å²) in [4.78, 5) is 4.90. The maximum Gasteiger partial charge on any atom is 0.444 e. The van der Waals surface area contributed by atoms with Gasteiger partial charge in [-0.15, -0.1) is 0 Å². The molecule has 130 valence electrons. The highest BCUT2D eigenvalue weighted by Gasteiger charge is 2.50. The Labute approximate surface area is 142 Å². The lowest BCUT2D eigenvalue weighted by Gasteiger charge is -2.40. The fourth-order valence-electron chi connectivity index (χ4n) is 2.71. The average Bonchev–Trinajstić information content (AvgIpc) is 2.58. The SMILES string of the molecule is C[C@H](O)c1cccc2c1OC(F)(F)C(O)N2Cc1ccnc(C#N)c1. The standard InChI is InChI=1S/C17H15F2N3O3/c1-10(23)13-3-2-4-14-15(13)25-17(18,19)16(24)22(14)9-11-5-6-21-12(7-11)8-20/h2-7,10,16,23-24H,9H2,1H3/t10-,16?/m0/s1. The van der Waals surface area contributed by atoms with E-state index in [0.29, 0.717) is 5.56 Å². The van der Waals surface area contributed by atoms with Crippen LogP contribution in [0.5, 0.6) is 5.75 Å². The number of benzene rings is 1. The second-order valence-electron chi connectivity index (χ2n) is 5.70. The number of nitrogens with zero attached hydrogens (tertiary/aromatic N) is 3. The number of para-hydroxylation sites is 1. The van der Waals surface area contributed by atoms with Gasteiger partial charge in [0.1, 0.15) is 11.8 Å². The molecule has 1 aliphatic heterocycles. The van der Waals surface area contributed by atoms with Crippen molar-refractivity contribution in [1.82, 2.24) is 4.98 Å². The largest absolute Gasteiger partial charge is 0.444 e. The minimum atomic E-state index is -3.86. The predicted octanol–water partition coefficient (Wildman–Crippen LogP) is 2.32. The molecule has 8 heteroatoms. The summed E-state index contributed by atoms with van der Waals surface area (Å²) >= 11 is 0. The first kappa shape index (κ1) is 17.1. The molecule has 6 nitrogen and oxygen atoms in total. The Morgan fingerprint density at radius 2 is 2.20 bits per heavy atom. The first-order valence-electron chi connectivity index (χ1n) is 7.51. The van der Waals surface area contributed by atoms with E-state index in [1.807, 2.05) is 6.07 Å². The molecule has 0 saturated carbocycles. The van der Waals surface area contributed by atoms with Crippen LogP contribution in [0.2, 0.25) is 0 Å². The number of anilines is 1. The monoisotopic (exact) mass is 347 g/mol. The molecule has 1 aromatic heterocycles. The van der Waals surface area contributed by atoms with E-state index >= 15 is 0 Å². The van der Waals surface area contributed by atoms with Crippen LogP contribution in [0.25, 0.3) is 0 Å². The second-order valence-corrected chi connectivity index (χ2v) is 5.70. The van der Waals surface area contributed by atoms with E-state index in [1.165, 1.54) is 31.3 Å². The molecule has 0 radical (unpaired) electrons. The number of pyridine rings is 1. The maximum atomic E-state index is 14.2. The van der Waals surface area contributed by atoms with Crippen molar-refractivity contribution < 1.29 is 23.7 Å². The molecule has 0 saturated heterocycles. The highest BCUT2D eigenvalue weighted by atomic mass is 19.3. The van der Waals surface area contributed by atoms with Crippen molar-refractivity contribution in [3.8, 4) is 11.8 Å². The minimum absolute atomic E-state index is 0.0897. The van der Waals surface area contributed by atoms with Gasteiger partial charge in [0.2, 0.25) is 6.23 Å². The Bertz CT molecular complexity index is 836. The second kappa shape index (κ2) is 6.27. The highest BCUT2D eigenvalue weighted by molar-refractivity contribution is 5.64. The van der Waals surface area contributed by atoms with Crippen molar-refractivity contribution in [2.24, 2.45) is 0 Å². The summed E-state index contributed by atoms with van der Waals surface area (Å²) in [5, 5.41) is 28.8. The number of ether oxygens (including phenoxy) is 1. The van der Waals surface area contributed by atoms with Crippen LogP contribution in [0.4, 0.5) is 14.5 Å². The number of nitriles is 1. The average molecular weight is 347 g/mol. The smallest absolute Gasteiger partial charge is 0.427 e. The first-order chi connectivity index (χ1) is 11.8.